The van der Waals surface area contributed by atoms with E-state index in [0.29, 0.717) is 5.92 Å². The molecular weight excluding hydrogens is 210 g/mol. The van der Waals surface area contributed by atoms with Gasteiger partial charge in [-0.25, -0.2) is 0 Å². The molecule has 2 nitrogen and oxygen atoms in total. The van der Waals surface area contributed by atoms with Crippen LogP contribution in [0.25, 0.3) is 0 Å². The second-order valence-electron chi connectivity index (χ2n) is 5.10. The number of benzene rings is 1. The number of hydrogen-bond donors (Lipinski definition) is 1. The Balaban J connectivity index is 1.81. The van der Waals surface area contributed by atoms with Gasteiger partial charge >= 0.3 is 0 Å². The van der Waals surface area contributed by atoms with Crippen molar-refractivity contribution < 1.29 is 4.74 Å². The summed E-state index contributed by atoms with van der Waals surface area (Å²) >= 11 is 0. The van der Waals surface area contributed by atoms with Gasteiger partial charge in [0.25, 0.3) is 0 Å². The Morgan fingerprint density at radius 1 is 1.29 bits per heavy atom. The average molecular weight is 233 g/mol. The standard InChI is InChI=1S/C15H23NO/c1-2-12-3-5-13(6-4-12)9-15(16)10-14-7-8-17-11-14/h3-6,14-15H,2,7-11,16H2,1H3. The van der Waals surface area contributed by atoms with E-state index in [-0.39, 0.29) is 6.04 Å². The van der Waals surface area contributed by atoms with Crippen LogP contribution in [0.15, 0.2) is 24.3 Å². The summed E-state index contributed by atoms with van der Waals surface area (Å²) in [4.78, 5) is 0. The number of aryl methyl sites for hydroxylation is 1. The Hall–Kier alpha value is -0.860. The molecule has 17 heavy (non-hydrogen) atoms. The summed E-state index contributed by atoms with van der Waals surface area (Å²) < 4.78 is 5.38. The van der Waals surface area contributed by atoms with Gasteiger partial charge in [-0.05, 0) is 42.7 Å². The zero-order valence-corrected chi connectivity index (χ0v) is 10.7. The van der Waals surface area contributed by atoms with Crippen LogP contribution in [0.1, 0.15) is 30.9 Å². The van der Waals surface area contributed by atoms with E-state index in [0.717, 1.165) is 32.5 Å². The molecule has 2 heteroatoms. The van der Waals surface area contributed by atoms with Crippen molar-refractivity contribution >= 4 is 0 Å². The van der Waals surface area contributed by atoms with Crippen molar-refractivity contribution in [1.29, 1.82) is 0 Å². The highest BCUT2D eigenvalue weighted by atomic mass is 16.5. The zero-order chi connectivity index (χ0) is 12.1. The Bertz CT molecular complexity index is 327. The smallest absolute Gasteiger partial charge is 0.0495 e. The van der Waals surface area contributed by atoms with Gasteiger partial charge in [-0.15, -0.1) is 0 Å². The van der Waals surface area contributed by atoms with E-state index >= 15 is 0 Å². The minimum Gasteiger partial charge on any atom is -0.381 e. The molecule has 0 bridgehead atoms. The molecule has 1 aromatic rings. The van der Waals surface area contributed by atoms with Crippen molar-refractivity contribution in [2.75, 3.05) is 13.2 Å². The third-order valence-electron chi connectivity index (χ3n) is 3.59. The lowest BCUT2D eigenvalue weighted by atomic mass is 9.95. The van der Waals surface area contributed by atoms with Crippen LogP contribution < -0.4 is 5.73 Å². The number of ether oxygens (including phenoxy) is 1. The summed E-state index contributed by atoms with van der Waals surface area (Å²) in [5.41, 5.74) is 8.95. The third-order valence-corrected chi connectivity index (χ3v) is 3.59. The predicted molar refractivity (Wildman–Crippen MR) is 71.0 cm³/mol. The lowest BCUT2D eigenvalue weighted by Gasteiger charge is -2.15. The third kappa shape index (κ3) is 3.83. The van der Waals surface area contributed by atoms with Gasteiger partial charge in [-0.3, -0.25) is 0 Å². The van der Waals surface area contributed by atoms with Crippen LogP contribution in [0.5, 0.6) is 0 Å². The van der Waals surface area contributed by atoms with Gasteiger partial charge in [0, 0.05) is 19.3 Å². The van der Waals surface area contributed by atoms with E-state index in [1.54, 1.807) is 0 Å². The summed E-state index contributed by atoms with van der Waals surface area (Å²) in [6, 6.07) is 9.11. The molecule has 0 aromatic heterocycles. The van der Waals surface area contributed by atoms with Gasteiger partial charge < -0.3 is 10.5 Å². The van der Waals surface area contributed by atoms with Crippen LogP contribution in [-0.4, -0.2) is 19.3 Å². The van der Waals surface area contributed by atoms with Crippen molar-refractivity contribution in [3.05, 3.63) is 35.4 Å². The van der Waals surface area contributed by atoms with Gasteiger partial charge in [-0.2, -0.15) is 0 Å². The lowest BCUT2D eigenvalue weighted by Crippen LogP contribution is -2.26. The molecule has 0 amide bonds. The fourth-order valence-corrected chi connectivity index (χ4v) is 2.49. The van der Waals surface area contributed by atoms with E-state index < -0.39 is 0 Å². The van der Waals surface area contributed by atoms with Crippen molar-refractivity contribution in [2.24, 2.45) is 11.7 Å². The van der Waals surface area contributed by atoms with Crippen LogP contribution >= 0.6 is 0 Å². The van der Waals surface area contributed by atoms with Gasteiger partial charge in [0.2, 0.25) is 0 Å². The molecule has 2 N–H and O–H groups in total. The summed E-state index contributed by atoms with van der Waals surface area (Å²) in [7, 11) is 0. The number of hydrogen-bond acceptors (Lipinski definition) is 2. The quantitative estimate of drug-likeness (QED) is 0.848. The highest BCUT2D eigenvalue weighted by Gasteiger charge is 2.18. The average Bonchev–Trinajstić information content (AvgIpc) is 2.82. The molecular formula is C15H23NO. The van der Waals surface area contributed by atoms with Gasteiger partial charge in [0.05, 0.1) is 0 Å². The molecule has 94 valence electrons. The summed E-state index contributed by atoms with van der Waals surface area (Å²) in [5, 5.41) is 0. The maximum atomic E-state index is 6.20. The summed E-state index contributed by atoms with van der Waals surface area (Å²) in [6.45, 7) is 4.01. The molecule has 0 spiro atoms. The molecule has 0 aliphatic carbocycles. The number of rotatable bonds is 5. The summed E-state index contributed by atoms with van der Waals surface area (Å²) in [5.74, 6) is 0.680. The Labute approximate surface area is 104 Å². The monoisotopic (exact) mass is 233 g/mol. The van der Waals surface area contributed by atoms with Crippen molar-refractivity contribution in [3.8, 4) is 0 Å². The number of nitrogens with two attached hydrogens (primary N) is 1. The van der Waals surface area contributed by atoms with E-state index in [4.69, 9.17) is 10.5 Å². The first-order valence-electron chi connectivity index (χ1n) is 6.69. The normalized spacial score (nSPS) is 21.6. The molecule has 2 rings (SSSR count). The van der Waals surface area contributed by atoms with Crippen LogP contribution in [0.3, 0.4) is 0 Å². The zero-order valence-electron chi connectivity index (χ0n) is 10.7. The van der Waals surface area contributed by atoms with E-state index in [1.165, 1.54) is 17.5 Å². The maximum Gasteiger partial charge on any atom is 0.0495 e. The Morgan fingerprint density at radius 2 is 2.00 bits per heavy atom. The first-order valence-corrected chi connectivity index (χ1v) is 6.69. The highest BCUT2D eigenvalue weighted by molar-refractivity contribution is 5.23. The van der Waals surface area contributed by atoms with Crippen LogP contribution in [0.4, 0.5) is 0 Å². The summed E-state index contributed by atoms with van der Waals surface area (Å²) in [6.07, 6.45) is 4.37. The van der Waals surface area contributed by atoms with Gasteiger partial charge in [0.15, 0.2) is 0 Å². The highest BCUT2D eigenvalue weighted by Crippen LogP contribution is 2.19. The molecule has 0 radical (unpaired) electrons. The molecule has 2 atom stereocenters. The first-order chi connectivity index (χ1) is 8.28. The molecule has 1 aliphatic rings. The van der Waals surface area contributed by atoms with Crippen LogP contribution in [-0.2, 0) is 17.6 Å². The van der Waals surface area contributed by atoms with Gasteiger partial charge in [-0.1, -0.05) is 31.2 Å². The fraction of sp³-hybridized carbons (Fsp3) is 0.600. The SMILES string of the molecule is CCc1ccc(CC(N)CC2CCOC2)cc1. The molecule has 1 aliphatic heterocycles. The van der Waals surface area contributed by atoms with Crippen LogP contribution in [0, 0.1) is 5.92 Å². The van der Waals surface area contributed by atoms with Crippen molar-refractivity contribution in [2.45, 2.75) is 38.6 Å². The molecule has 1 aromatic carbocycles. The van der Waals surface area contributed by atoms with E-state index in [1.807, 2.05) is 0 Å². The van der Waals surface area contributed by atoms with Crippen LogP contribution in [0.2, 0.25) is 0 Å². The minimum absolute atomic E-state index is 0.272. The largest absolute Gasteiger partial charge is 0.381 e. The molecule has 0 saturated carbocycles. The van der Waals surface area contributed by atoms with E-state index in [2.05, 4.69) is 31.2 Å². The molecule has 1 fully saturated rings. The molecule has 2 unspecified atom stereocenters. The predicted octanol–water partition coefficient (Wildman–Crippen LogP) is 2.55. The minimum atomic E-state index is 0.272. The Kier molecular flexibility index (Phi) is 4.57. The fourth-order valence-electron chi connectivity index (χ4n) is 2.49. The van der Waals surface area contributed by atoms with Gasteiger partial charge in [0.1, 0.15) is 0 Å². The second-order valence-corrected chi connectivity index (χ2v) is 5.10. The topological polar surface area (TPSA) is 35.2 Å². The van der Waals surface area contributed by atoms with Crippen molar-refractivity contribution in [3.63, 3.8) is 0 Å². The molecule has 1 heterocycles. The lowest BCUT2D eigenvalue weighted by molar-refractivity contribution is 0.182. The molecule has 1 saturated heterocycles. The second kappa shape index (κ2) is 6.18. The maximum absolute atomic E-state index is 6.20. The Morgan fingerprint density at radius 3 is 2.59 bits per heavy atom. The first kappa shape index (κ1) is 12.6. The van der Waals surface area contributed by atoms with Crippen molar-refractivity contribution in [1.82, 2.24) is 0 Å². The van der Waals surface area contributed by atoms with E-state index in [9.17, 15) is 0 Å².